The maximum Gasteiger partial charge on any atom is 0.278 e. The monoisotopic (exact) mass is 478 g/mol. The maximum atomic E-state index is 5.53. The molecule has 0 spiro atoms. The molecule has 0 amide bonds. The highest BCUT2D eigenvalue weighted by atomic mass is 79.9. The highest BCUT2D eigenvalue weighted by Gasteiger charge is 2.18. The molecule has 4 aromatic rings. The third-order valence-electron chi connectivity index (χ3n) is 5.71. The van der Waals surface area contributed by atoms with Crippen molar-refractivity contribution in [3.05, 3.63) is 75.9 Å². The zero-order valence-electron chi connectivity index (χ0n) is 17.3. The van der Waals surface area contributed by atoms with Gasteiger partial charge in [0.25, 0.3) is 5.89 Å². The number of aryl methyl sites for hydroxylation is 1. The summed E-state index contributed by atoms with van der Waals surface area (Å²) in [7, 11) is 0. The molecule has 1 saturated heterocycles. The molecule has 0 atom stereocenters. The van der Waals surface area contributed by atoms with Crippen molar-refractivity contribution in [2.45, 2.75) is 32.2 Å². The van der Waals surface area contributed by atoms with E-state index in [1.54, 1.807) is 0 Å². The van der Waals surface area contributed by atoms with Crippen molar-refractivity contribution in [2.75, 3.05) is 13.2 Å². The Bertz CT molecular complexity index is 1180. The topological polar surface area (TPSA) is 66.0 Å². The van der Waals surface area contributed by atoms with E-state index in [0.717, 1.165) is 41.8 Å². The largest absolute Gasteiger partial charge is 0.381 e. The Morgan fingerprint density at radius 1 is 1.06 bits per heavy atom. The quantitative estimate of drug-likeness (QED) is 0.372. The lowest BCUT2D eigenvalue weighted by Gasteiger charge is -2.22. The third-order valence-corrected chi connectivity index (χ3v) is 6.20. The van der Waals surface area contributed by atoms with Crippen molar-refractivity contribution in [2.24, 2.45) is 0 Å². The lowest BCUT2D eigenvalue weighted by atomic mass is 9.91. The molecule has 158 valence electrons. The van der Waals surface area contributed by atoms with Crippen LogP contribution in [-0.4, -0.2) is 33.1 Å². The number of nitrogens with zero attached hydrogens (tertiary/aromatic N) is 4. The van der Waals surface area contributed by atoms with Crippen LogP contribution in [0, 0.1) is 6.92 Å². The first-order valence-electron chi connectivity index (χ1n) is 10.5. The zero-order valence-corrected chi connectivity index (χ0v) is 18.9. The molecule has 0 unspecified atom stereocenters. The summed E-state index contributed by atoms with van der Waals surface area (Å²) in [6.07, 6.45) is 2.15. The second-order valence-corrected chi connectivity index (χ2v) is 8.81. The number of benzene rings is 2. The minimum atomic E-state index is 0.430. The Morgan fingerprint density at radius 3 is 2.65 bits per heavy atom. The Labute approximate surface area is 189 Å². The first-order chi connectivity index (χ1) is 15.2. The van der Waals surface area contributed by atoms with Crippen LogP contribution in [-0.2, 0) is 11.3 Å². The van der Waals surface area contributed by atoms with Gasteiger partial charge >= 0.3 is 0 Å². The van der Waals surface area contributed by atoms with Crippen LogP contribution < -0.4 is 0 Å². The summed E-state index contributed by atoms with van der Waals surface area (Å²) < 4.78 is 14.0. The zero-order chi connectivity index (χ0) is 21.2. The van der Waals surface area contributed by atoms with Crippen LogP contribution in [0.5, 0.6) is 0 Å². The van der Waals surface area contributed by atoms with Crippen LogP contribution in [0.2, 0.25) is 0 Å². The smallest absolute Gasteiger partial charge is 0.278 e. The minimum absolute atomic E-state index is 0.430. The van der Waals surface area contributed by atoms with Crippen molar-refractivity contribution in [1.29, 1.82) is 0 Å². The maximum absolute atomic E-state index is 5.53. The van der Waals surface area contributed by atoms with Gasteiger partial charge in [0.2, 0.25) is 5.82 Å². The Balaban J connectivity index is 1.33. The average molecular weight is 479 g/mol. The Hall–Kier alpha value is -2.77. The van der Waals surface area contributed by atoms with Gasteiger partial charge in [-0.25, -0.2) is 0 Å². The molecule has 6 nitrogen and oxygen atoms in total. The Kier molecular flexibility index (Phi) is 5.70. The number of ether oxygens (including phenoxy) is 1. The van der Waals surface area contributed by atoms with Crippen molar-refractivity contribution in [3.8, 4) is 23.0 Å². The summed E-state index contributed by atoms with van der Waals surface area (Å²) in [5.41, 5.74) is 5.18. The molecule has 0 aliphatic carbocycles. The molecule has 0 bridgehead atoms. The summed E-state index contributed by atoms with van der Waals surface area (Å²) in [5.74, 6) is 1.58. The van der Waals surface area contributed by atoms with E-state index in [0.29, 0.717) is 29.9 Å². The molecule has 1 aliphatic rings. The first-order valence-corrected chi connectivity index (χ1v) is 11.3. The number of hydrogen-bond donors (Lipinski definition) is 0. The molecule has 5 rings (SSSR count). The van der Waals surface area contributed by atoms with E-state index >= 15 is 0 Å². The summed E-state index contributed by atoms with van der Waals surface area (Å²) in [6.45, 7) is 4.39. The van der Waals surface area contributed by atoms with Crippen LogP contribution in [0.15, 0.2) is 63.6 Å². The molecule has 1 aliphatic heterocycles. The van der Waals surface area contributed by atoms with Crippen molar-refractivity contribution in [3.63, 3.8) is 0 Å². The molecular weight excluding hydrogens is 456 g/mol. The summed E-state index contributed by atoms with van der Waals surface area (Å²) in [4.78, 5) is 4.59. The lowest BCUT2D eigenvalue weighted by molar-refractivity contribution is 0.0853. The summed E-state index contributed by atoms with van der Waals surface area (Å²) >= 11 is 3.52. The van der Waals surface area contributed by atoms with E-state index < -0.39 is 0 Å². The van der Waals surface area contributed by atoms with Crippen molar-refractivity contribution in [1.82, 2.24) is 19.9 Å². The molecule has 3 heterocycles. The molecule has 1 fully saturated rings. The average Bonchev–Trinajstić information content (AvgIpc) is 3.42. The fourth-order valence-corrected chi connectivity index (χ4v) is 4.41. The summed E-state index contributed by atoms with van der Waals surface area (Å²) in [5, 5.41) is 8.86. The van der Waals surface area contributed by atoms with E-state index in [1.807, 2.05) is 29.8 Å². The van der Waals surface area contributed by atoms with Gasteiger partial charge in [-0.3, -0.25) is 4.68 Å². The van der Waals surface area contributed by atoms with Gasteiger partial charge in [0, 0.05) is 28.9 Å². The second kappa shape index (κ2) is 8.77. The molecule has 31 heavy (non-hydrogen) atoms. The van der Waals surface area contributed by atoms with Gasteiger partial charge in [-0.1, -0.05) is 57.5 Å². The molecule has 0 saturated carbocycles. The van der Waals surface area contributed by atoms with Gasteiger partial charge in [0.05, 0.1) is 6.54 Å². The Morgan fingerprint density at radius 2 is 1.87 bits per heavy atom. The van der Waals surface area contributed by atoms with Crippen LogP contribution in [0.1, 0.15) is 35.6 Å². The van der Waals surface area contributed by atoms with E-state index in [2.05, 4.69) is 67.6 Å². The molecule has 2 aromatic carbocycles. The fourth-order valence-electron chi connectivity index (χ4n) is 3.96. The molecule has 2 aromatic heterocycles. The van der Waals surface area contributed by atoms with Gasteiger partial charge in [0.15, 0.2) is 5.69 Å². The first kappa shape index (κ1) is 20.2. The minimum Gasteiger partial charge on any atom is -0.381 e. The van der Waals surface area contributed by atoms with Gasteiger partial charge in [-0.15, -0.1) is 0 Å². The van der Waals surface area contributed by atoms with Crippen LogP contribution in [0.3, 0.4) is 0 Å². The number of aromatic nitrogens is 4. The standard InChI is InChI=1S/C24H23BrN4O2/c1-16-13-22(27-29(16)15-17-3-2-4-21(25)14-17)24-26-23(28-31-24)20-7-5-18(6-8-20)19-9-11-30-12-10-19/h2-8,13-14,19H,9-12,15H2,1H3. The normalized spacial score (nSPS) is 14.8. The van der Waals surface area contributed by atoms with Crippen LogP contribution in [0.4, 0.5) is 0 Å². The predicted molar refractivity (Wildman–Crippen MR) is 122 cm³/mol. The van der Waals surface area contributed by atoms with Gasteiger partial charge < -0.3 is 9.26 Å². The highest BCUT2D eigenvalue weighted by Crippen LogP contribution is 2.29. The predicted octanol–water partition coefficient (Wildman–Crippen LogP) is 5.61. The van der Waals surface area contributed by atoms with Crippen molar-refractivity contribution >= 4 is 15.9 Å². The van der Waals surface area contributed by atoms with Gasteiger partial charge in [-0.2, -0.15) is 10.1 Å². The SMILES string of the molecule is Cc1cc(-c2nc(-c3ccc(C4CCOCC4)cc3)no2)nn1Cc1cccc(Br)c1. The van der Waals surface area contributed by atoms with E-state index in [1.165, 1.54) is 11.1 Å². The molecule has 0 N–H and O–H groups in total. The lowest BCUT2D eigenvalue weighted by Crippen LogP contribution is -2.13. The van der Waals surface area contributed by atoms with E-state index in [-0.39, 0.29) is 0 Å². The number of hydrogen-bond acceptors (Lipinski definition) is 5. The van der Waals surface area contributed by atoms with Crippen molar-refractivity contribution < 1.29 is 9.26 Å². The molecule has 7 heteroatoms. The van der Waals surface area contributed by atoms with Crippen LogP contribution in [0.25, 0.3) is 23.0 Å². The highest BCUT2D eigenvalue weighted by molar-refractivity contribution is 9.10. The van der Waals surface area contributed by atoms with E-state index in [9.17, 15) is 0 Å². The molecule has 0 radical (unpaired) electrons. The number of halogens is 1. The van der Waals surface area contributed by atoms with Crippen LogP contribution >= 0.6 is 15.9 Å². The second-order valence-electron chi connectivity index (χ2n) is 7.89. The fraction of sp³-hybridized carbons (Fsp3) is 0.292. The third kappa shape index (κ3) is 4.48. The molecular formula is C24H23BrN4O2. The number of rotatable bonds is 5. The summed E-state index contributed by atoms with van der Waals surface area (Å²) in [6, 6.07) is 18.7. The van der Waals surface area contributed by atoms with Gasteiger partial charge in [-0.05, 0) is 55.0 Å². The van der Waals surface area contributed by atoms with E-state index in [4.69, 9.17) is 9.26 Å². The van der Waals surface area contributed by atoms with Gasteiger partial charge in [0.1, 0.15) is 0 Å².